The van der Waals surface area contributed by atoms with Crippen LogP contribution in [0.4, 0.5) is 11.4 Å². The first-order chi connectivity index (χ1) is 14.0. The second-order valence-electron chi connectivity index (χ2n) is 6.63. The Bertz CT molecular complexity index is 793. The van der Waals surface area contributed by atoms with E-state index in [1.54, 1.807) is 31.4 Å². The summed E-state index contributed by atoms with van der Waals surface area (Å²) in [5, 5.41) is 8.78. The Morgan fingerprint density at radius 3 is 2.48 bits per heavy atom. The number of amides is 2. The number of hydrogen-bond donors (Lipinski definition) is 3. The zero-order valence-corrected chi connectivity index (χ0v) is 17.2. The Kier molecular flexibility index (Phi) is 8.98. The van der Waals surface area contributed by atoms with E-state index in [9.17, 15) is 9.59 Å². The SMILES string of the molecule is CCC(C)NC(=O)c1ccc(NC(=O)CNc2cccc(OCCOC)c2)cc1. The minimum atomic E-state index is -0.187. The second kappa shape index (κ2) is 11.7. The number of nitrogens with one attached hydrogen (secondary N) is 3. The van der Waals surface area contributed by atoms with Crippen molar-refractivity contribution in [3.63, 3.8) is 0 Å². The lowest BCUT2D eigenvalue weighted by molar-refractivity contribution is -0.114. The molecule has 2 amide bonds. The van der Waals surface area contributed by atoms with E-state index in [0.29, 0.717) is 30.2 Å². The Morgan fingerprint density at radius 2 is 1.79 bits per heavy atom. The first kappa shape index (κ1) is 22.2. The number of methoxy groups -OCH3 is 1. The van der Waals surface area contributed by atoms with Gasteiger partial charge in [0.2, 0.25) is 5.91 Å². The van der Waals surface area contributed by atoms with E-state index in [0.717, 1.165) is 12.1 Å². The van der Waals surface area contributed by atoms with Gasteiger partial charge in [-0.2, -0.15) is 0 Å². The zero-order chi connectivity index (χ0) is 21.1. The monoisotopic (exact) mass is 399 g/mol. The fraction of sp³-hybridized carbons (Fsp3) is 0.364. The van der Waals surface area contributed by atoms with Gasteiger partial charge in [0.05, 0.1) is 13.2 Å². The molecule has 0 spiro atoms. The molecule has 3 N–H and O–H groups in total. The molecule has 156 valence electrons. The largest absolute Gasteiger partial charge is 0.491 e. The molecule has 0 bridgehead atoms. The molecule has 2 rings (SSSR count). The predicted octanol–water partition coefficient (Wildman–Crippen LogP) is 3.29. The molecule has 7 heteroatoms. The van der Waals surface area contributed by atoms with Gasteiger partial charge in [-0.05, 0) is 49.7 Å². The molecule has 0 saturated carbocycles. The van der Waals surface area contributed by atoms with Gasteiger partial charge in [-0.3, -0.25) is 9.59 Å². The molecule has 0 aromatic heterocycles. The van der Waals surface area contributed by atoms with E-state index in [1.165, 1.54) is 0 Å². The minimum absolute atomic E-state index is 0.109. The number of rotatable bonds is 11. The van der Waals surface area contributed by atoms with Gasteiger partial charge in [-0.25, -0.2) is 0 Å². The van der Waals surface area contributed by atoms with Crippen molar-refractivity contribution >= 4 is 23.2 Å². The summed E-state index contributed by atoms with van der Waals surface area (Å²) in [4.78, 5) is 24.3. The number of carbonyl (C=O) groups excluding carboxylic acids is 2. The molecule has 0 aliphatic heterocycles. The van der Waals surface area contributed by atoms with E-state index in [2.05, 4.69) is 16.0 Å². The molecule has 1 unspecified atom stereocenters. The lowest BCUT2D eigenvalue weighted by atomic mass is 10.1. The summed E-state index contributed by atoms with van der Waals surface area (Å²) in [5.41, 5.74) is 1.98. The van der Waals surface area contributed by atoms with Gasteiger partial charge in [-0.1, -0.05) is 13.0 Å². The highest BCUT2D eigenvalue weighted by atomic mass is 16.5. The van der Waals surface area contributed by atoms with Crippen molar-refractivity contribution < 1.29 is 19.1 Å². The van der Waals surface area contributed by atoms with Crippen molar-refractivity contribution in [2.24, 2.45) is 0 Å². The van der Waals surface area contributed by atoms with Crippen LogP contribution in [0.2, 0.25) is 0 Å². The summed E-state index contributed by atoms with van der Waals surface area (Å²) in [6.45, 7) is 5.06. The van der Waals surface area contributed by atoms with Crippen molar-refractivity contribution in [3.8, 4) is 5.75 Å². The second-order valence-corrected chi connectivity index (χ2v) is 6.63. The van der Waals surface area contributed by atoms with Crippen LogP contribution in [0.25, 0.3) is 0 Å². The van der Waals surface area contributed by atoms with Crippen LogP contribution in [0.5, 0.6) is 5.75 Å². The lowest BCUT2D eigenvalue weighted by Gasteiger charge is -2.12. The molecule has 0 fully saturated rings. The highest BCUT2D eigenvalue weighted by Crippen LogP contribution is 2.17. The molecule has 0 heterocycles. The van der Waals surface area contributed by atoms with Crippen LogP contribution in [0.15, 0.2) is 48.5 Å². The molecular formula is C22H29N3O4. The van der Waals surface area contributed by atoms with Crippen LogP contribution in [-0.2, 0) is 9.53 Å². The number of carbonyl (C=O) groups is 2. The summed E-state index contributed by atoms with van der Waals surface area (Å²) in [7, 11) is 1.62. The van der Waals surface area contributed by atoms with Crippen LogP contribution in [0.1, 0.15) is 30.6 Å². The van der Waals surface area contributed by atoms with Gasteiger partial charge in [0.1, 0.15) is 12.4 Å². The molecule has 2 aromatic rings. The zero-order valence-electron chi connectivity index (χ0n) is 17.2. The summed E-state index contributed by atoms with van der Waals surface area (Å²) in [5.74, 6) is 0.401. The third-order valence-electron chi connectivity index (χ3n) is 4.26. The third-order valence-corrected chi connectivity index (χ3v) is 4.26. The molecular weight excluding hydrogens is 370 g/mol. The molecule has 2 aromatic carbocycles. The van der Waals surface area contributed by atoms with Crippen LogP contribution < -0.4 is 20.7 Å². The van der Waals surface area contributed by atoms with Gasteiger partial charge in [0.15, 0.2) is 0 Å². The molecule has 0 saturated heterocycles. The molecule has 7 nitrogen and oxygen atoms in total. The van der Waals surface area contributed by atoms with Gasteiger partial charge >= 0.3 is 0 Å². The molecule has 29 heavy (non-hydrogen) atoms. The van der Waals surface area contributed by atoms with Gasteiger partial charge in [0, 0.05) is 36.2 Å². The van der Waals surface area contributed by atoms with Crippen LogP contribution in [0, 0.1) is 0 Å². The van der Waals surface area contributed by atoms with Crippen LogP contribution in [-0.4, -0.2) is 44.7 Å². The number of hydrogen-bond acceptors (Lipinski definition) is 5. The number of ether oxygens (including phenoxy) is 2. The van der Waals surface area contributed by atoms with Crippen molar-refractivity contribution in [2.45, 2.75) is 26.3 Å². The quantitative estimate of drug-likeness (QED) is 0.505. The summed E-state index contributed by atoms with van der Waals surface area (Å²) < 4.78 is 10.5. The molecule has 1 atom stereocenters. The topological polar surface area (TPSA) is 88.7 Å². The van der Waals surface area contributed by atoms with Crippen LogP contribution >= 0.6 is 0 Å². The average Bonchev–Trinajstić information content (AvgIpc) is 2.73. The van der Waals surface area contributed by atoms with E-state index in [-0.39, 0.29) is 24.4 Å². The maximum Gasteiger partial charge on any atom is 0.251 e. The molecule has 0 aliphatic carbocycles. The lowest BCUT2D eigenvalue weighted by Crippen LogP contribution is -2.31. The number of benzene rings is 2. The van der Waals surface area contributed by atoms with Gasteiger partial charge < -0.3 is 25.4 Å². The Labute approximate surface area is 171 Å². The summed E-state index contributed by atoms with van der Waals surface area (Å²) in [6, 6.07) is 14.3. The maximum atomic E-state index is 12.2. The third kappa shape index (κ3) is 7.83. The van der Waals surface area contributed by atoms with E-state index < -0.39 is 0 Å². The highest BCUT2D eigenvalue weighted by Gasteiger charge is 2.09. The Balaban J connectivity index is 1.82. The average molecular weight is 399 g/mol. The predicted molar refractivity (Wildman–Crippen MR) is 115 cm³/mol. The normalized spacial score (nSPS) is 11.4. The first-order valence-electron chi connectivity index (χ1n) is 9.68. The molecule has 0 aliphatic rings. The van der Waals surface area contributed by atoms with E-state index >= 15 is 0 Å². The van der Waals surface area contributed by atoms with Crippen molar-refractivity contribution in [1.29, 1.82) is 0 Å². The van der Waals surface area contributed by atoms with Gasteiger partial charge in [0.25, 0.3) is 5.91 Å². The van der Waals surface area contributed by atoms with E-state index in [1.807, 2.05) is 38.1 Å². The summed E-state index contributed by atoms with van der Waals surface area (Å²) in [6.07, 6.45) is 0.870. The maximum absolute atomic E-state index is 12.2. The fourth-order valence-electron chi connectivity index (χ4n) is 2.44. The van der Waals surface area contributed by atoms with E-state index in [4.69, 9.17) is 9.47 Å². The Morgan fingerprint density at radius 1 is 1.03 bits per heavy atom. The van der Waals surface area contributed by atoms with Crippen molar-refractivity contribution in [2.75, 3.05) is 37.5 Å². The van der Waals surface area contributed by atoms with Crippen molar-refractivity contribution in [3.05, 3.63) is 54.1 Å². The smallest absolute Gasteiger partial charge is 0.251 e. The number of anilines is 2. The first-order valence-corrected chi connectivity index (χ1v) is 9.68. The summed E-state index contributed by atoms with van der Waals surface area (Å²) >= 11 is 0. The van der Waals surface area contributed by atoms with Crippen molar-refractivity contribution in [1.82, 2.24) is 5.32 Å². The fourth-order valence-corrected chi connectivity index (χ4v) is 2.44. The van der Waals surface area contributed by atoms with Crippen LogP contribution in [0.3, 0.4) is 0 Å². The van der Waals surface area contributed by atoms with Gasteiger partial charge in [-0.15, -0.1) is 0 Å². The standard InChI is InChI=1S/C22H29N3O4/c1-4-16(2)24-22(27)17-8-10-18(11-9-17)25-21(26)15-23-19-6-5-7-20(14-19)29-13-12-28-3/h5-11,14,16,23H,4,12-13,15H2,1-3H3,(H,24,27)(H,25,26). The highest BCUT2D eigenvalue weighted by molar-refractivity contribution is 5.96. The Hall–Kier alpha value is -3.06. The minimum Gasteiger partial charge on any atom is -0.491 e. The molecule has 0 radical (unpaired) electrons.